The van der Waals surface area contributed by atoms with Gasteiger partial charge in [-0.15, -0.1) is 0 Å². The van der Waals surface area contributed by atoms with Crippen molar-refractivity contribution >= 4 is 33.3 Å². The van der Waals surface area contributed by atoms with E-state index in [0.717, 1.165) is 0 Å². The van der Waals surface area contributed by atoms with Crippen molar-refractivity contribution < 1.29 is 22.8 Å². The highest BCUT2D eigenvalue weighted by atomic mass is 79.9. The molecule has 0 saturated carbocycles. The summed E-state index contributed by atoms with van der Waals surface area (Å²) >= 11 is 2.66. The summed E-state index contributed by atoms with van der Waals surface area (Å²) in [6.07, 6.45) is -4.64. The second-order valence-electron chi connectivity index (χ2n) is 4.57. The number of nitrogens with two attached hydrogens (primary N) is 1. The number of nitrogen functional groups attached to an aromatic ring is 1. The topological polar surface area (TPSA) is 85.1 Å². The Morgan fingerprint density at radius 3 is 2.48 bits per heavy atom. The fourth-order valence-corrected chi connectivity index (χ4v) is 1.86. The molecule has 1 heterocycles. The SMILES string of the molecule is CC(C)C(=O)CNC(=O)c1nc(Br)c(C(F)(F)F)cc1N. The molecule has 0 aliphatic rings. The number of alkyl halides is 3. The molecule has 0 atom stereocenters. The zero-order valence-corrected chi connectivity index (χ0v) is 12.8. The van der Waals surface area contributed by atoms with Crippen LogP contribution in [-0.2, 0) is 11.0 Å². The summed E-state index contributed by atoms with van der Waals surface area (Å²) in [5, 5.41) is 2.27. The standard InChI is InChI=1S/C12H13BrF3N3O2/c1-5(2)8(20)4-18-11(21)9-7(17)3-6(10(13)19-9)12(14,15)16/h3,5H,4,17H2,1-2H3,(H,18,21). The van der Waals surface area contributed by atoms with Gasteiger partial charge in [0.1, 0.15) is 4.60 Å². The summed E-state index contributed by atoms with van der Waals surface area (Å²) in [7, 11) is 0. The third-order valence-corrected chi connectivity index (χ3v) is 3.20. The highest BCUT2D eigenvalue weighted by Crippen LogP contribution is 2.35. The van der Waals surface area contributed by atoms with Gasteiger partial charge in [0.2, 0.25) is 0 Å². The average Bonchev–Trinajstić information content (AvgIpc) is 2.36. The van der Waals surface area contributed by atoms with Crippen LogP contribution in [0.25, 0.3) is 0 Å². The molecule has 0 bridgehead atoms. The molecular weight excluding hydrogens is 355 g/mol. The van der Waals surface area contributed by atoms with Gasteiger partial charge in [-0.25, -0.2) is 4.98 Å². The first kappa shape index (κ1) is 17.4. The van der Waals surface area contributed by atoms with E-state index in [-0.39, 0.29) is 23.9 Å². The summed E-state index contributed by atoms with van der Waals surface area (Å²) in [5.74, 6) is -1.29. The number of amides is 1. The molecule has 0 radical (unpaired) electrons. The Bertz CT molecular complexity index is 574. The highest BCUT2D eigenvalue weighted by Gasteiger charge is 2.35. The summed E-state index contributed by atoms with van der Waals surface area (Å²) in [4.78, 5) is 26.7. The summed E-state index contributed by atoms with van der Waals surface area (Å²) < 4.78 is 37.4. The first-order valence-electron chi connectivity index (χ1n) is 5.88. The lowest BCUT2D eigenvalue weighted by Crippen LogP contribution is -2.32. The third kappa shape index (κ3) is 4.42. The van der Waals surface area contributed by atoms with Crippen molar-refractivity contribution in [2.75, 3.05) is 12.3 Å². The molecule has 0 spiro atoms. The van der Waals surface area contributed by atoms with Crippen LogP contribution in [0.15, 0.2) is 10.7 Å². The number of nitrogens with one attached hydrogen (secondary N) is 1. The number of rotatable bonds is 4. The van der Waals surface area contributed by atoms with Gasteiger partial charge in [-0.2, -0.15) is 13.2 Å². The molecule has 0 fully saturated rings. The van der Waals surface area contributed by atoms with Gasteiger partial charge < -0.3 is 11.1 Å². The normalized spacial score (nSPS) is 11.6. The molecule has 5 nitrogen and oxygen atoms in total. The molecule has 9 heteroatoms. The molecule has 1 aromatic heterocycles. The van der Waals surface area contributed by atoms with E-state index in [0.29, 0.717) is 6.07 Å². The molecule has 0 saturated heterocycles. The van der Waals surface area contributed by atoms with E-state index in [9.17, 15) is 22.8 Å². The van der Waals surface area contributed by atoms with Crippen molar-refractivity contribution in [3.63, 3.8) is 0 Å². The van der Waals surface area contributed by atoms with Crippen LogP contribution in [0.3, 0.4) is 0 Å². The van der Waals surface area contributed by atoms with Gasteiger partial charge in [0, 0.05) is 5.92 Å². The number of halogens is 4. The fourth-order valence-electron chi connectivity index (χ4n) is 1.34. The van der Waals surface area contributed by atoms with E-state index in [1.807, 2.05) is 0 Å². The second kappa shape index (κ2) is 6.42. The Hall–Kier alpha value is -1.64. The molecule has 21 heavy (non-hydrogen) atoms. The number of ketones is 1. The summed E-state index contributed by atoms with van der Waals surface area (Å²) in [5.41, 5.74) is 3.56. The lowest BCUT2D eigenvalue weighted by molar-refractivity contribution is -0.138. The van der Waals surface area contributed by atoms with Crippen LogP contribution in [0.4, 0.5) is 18.9 Å². The van der Waals surface area contributed by atoms with Gasteiger partial charge in [-0.3, -0.25) is 9.59 Å². The van der Waals surface area contributed by atoms with Crippen molar-refractivity contribution in [1.29, 1.82) is 0 Å². The molecule has 1 rings (SSSR count). The van der Waals surface area contributed by atoms with Crippen LogP contribution in [-0.4, -0.2) is 23.2 Å². The Balaban J connectivity index is 2.97. The number of Topliss-reactive ketones (excluding diaryl/α,β-unsaturated/α-hetero) is 1. The Labute approximate surface area is 127 Å². The van der Waals surface area contributed by atoms with E-state index in [2.05, 4.69) is 26.2 Å². The highest BCUT2D eigenvalue weighted by molar-refractivity contribution is 9.10. The number of hydrogen-bond acceptors (Lipinski definition) is 4. The van der Waals surface area contributed by atoms with E-state index in [1.54, 1.807) is 13.8 Å². The van der Waals surface area contributed by atoms with Crippen LogP contribution < -0.4 is 11.1 Å². The van der Waals surface area contributed by atoms with Crippen LogP contribution in [0, 0.1) is 5.92 Å². The second-order valence-corrected chi connectivity index (χ2v) is 5.32. The lowest BCUT2D eigenvalue weighted by Gasteiger charge is -2.12. The van der Waals surface area contributed by atoms with Crippen molar-refractivity contribution in [2.45, 2.75) is 20.0 Å². The smallest absolute Gasteiger partial charge is 0.397 e. The average molecular weight is 368 g/mol. The van der Waals surface area contributed by atoms with E-state index < -0.39 is 27.9 Å². The van der Waals surface area contributed by atoms with Crippen LogP contribution in [0.2, 0.25) is 0 Å². The molecule has 0 aromatic carbocycles. The van der Waals surface area contributed by atoms with Gasteiger partial charge >= 0.3 is 6.18 Å². The minimum absolute atomic E-state index is 0.215. The fraction of sp³-hybridized carbons (Fsp3) is 0.417. The van der Waals surface area contributed by atoms with Gasteiger partial charge in [0.15, 0.2) is 11.5 Å². The van der Waals surface area contributed by atoms with Gasteiger partial charge in [0.25, 0.3) is 5.91 Å². The van der Waals surface area contributed by atoms with Crippen molar-refractivity contribution in [3.8, 4) is 0 Å². The lowest BCUT2D eigenvalue weighted by atomic mass is 10.1. The zero-order chi connectivity index (χ0) is 16.4. The molecular formula is C12H13BrF3N3O2. The van der Waals surface area contributed by atoms with Crippen LogP contribution in [0.5, 0.6) is 0 Å². The van der Waals surface area contributed by atoms with Crippen molar-refractivity contribution in [2.24, 2.45) is 5.92 Å². The number of pyridine rings is 1. The molecule has 0 aliphatic carbocycles. The van der Waals surface area contributed by atoms with Gasteiger partial charge in [-0.05, 0) is 22.0 Å². The van der Waals surface area contributed by atoms with Crippen molar-refractivity contribution in [1.82, 2.24) is 10.3 Å². The third-order valence-electron chi connectivity index (χ3n) is 2.59. The molecule has 3 N–H and O–H groups in total. The first-order chi connectivity index (χ1) is 9.54. The maximum atomic E-state index is 12.6. The molecule has 1 aromatic rings. The zero-order valence-electron chi connectivity index (χ0n) is 11.2. The minimum atomic E-state index is -4.64. The number of anilines is 1. The number of carbonyl (C=O) groups is 2. The first-order valence-corrected chi connectivity index (χ1v) is 6.67. The summed E-state index contributed by atoms with van der Waals surface area (Å²) in [6, 6.07) is 0.621. The number of aromatic nitrogens is 1. The minimum Gasteiger partial charge on any atom is -0.397 e. The predicted octanol–water partition coefficient (Wildman–Crippen LogP) is 2.40. The molecule has 0 aliphatic heterocycles. The van der Waals surface area contributed by atoms with Crippen LogP contribution >= 0.6 is 15.9 Å². The maximum absolute atomic E-state index is 12.6. The Kier molecular flexibility index (Phi) is 5.32. The van der Waals surface area contributed by atoms with Gasteiger partial charge in [-0.1, -0.05) is 13.8 Å². The van der Waals surface area contributed by atoms with E-state index in [1.165, 1.54) is 0 Å². The number of carbonyl (C=O) groups excluding carboxylic acids is 2. The molecule has 0 unspecified atom stereocenters. The monoisotopic (exact) mass is 367 g/mol. The van der Waals surface area contributed by atoms with Crippen molar-refractivity contribution in [3.05, 3.63) is 21.9 Å². The molecule has 1 amide bonds. The van der Waals surface area contributed by atoms with Gasteiger partial charge in [0.05, 0.1) is 17.8 Å². The molecule has 116 valence electrons. The van der Waals surface area contributed by atoms with E-state index >= 15 is 0 Å². The number of nitrogens with zero attached hydrogens (tertiary/aromatic N) is 1. The number of hydrogen-bond donors (Lipinski definition) is 2. The largest absolute Gasteiger partial charge is 0.419 e. The maximum Gasteiger partial charge on any atom is 0.419 e. The van der Waals surface area contributed by atoms with Crippen LogP contribution in [0.1, 0.15) is 29.9 Å². The van der Waals surface area contributed by atoms with E-state index in [4.69, 9.17) is 5.73 Å². The summed E-state index contributed by atoms with van der Waals surface area (Å²) in [6.45, 7) is 3.09. The quantitative estimate of drug-likeness (QED) is 0.800. The predicted molar refractivity (Wildman–Crippen MR) is 73.5 cm³/mol. The Morgan fingerprint density at radius 2 is 2.00 bits per heavy atom. The Morgan fingerprint density at radius 1 is 1.43 bits per heavy atom.